The van der Waals surface area contributed by atoms with E-state index in [0.717, 1.165) is 13.0 Å². The van der Waals surface area contributed by atoms with Crippen LogP contribution in [0.5, 0.6) is 11.9 Å². The van der Waals surface area contributed by atoms with Gasteiger partial charge in [0.15, 0.2) is 5.82 Å². The smallest absolute Gasteiger partial charge is 0.417 e. The van der Waals surface area contributed by atoms with Crippen LogP contribution in [0.2, 0.25) is 0 Å². The molecule has 2 N–H and O–H groups in total. The lowest BCUT2D eigenvalue weighted by Gasteiger charge is -2.24. The van der Waals surface area contributed by atoms with Crippen LogP contribution in [-0.4, -0.2) is 92.0 Å². The fourth-order valence-corrected chi connectivity index (χ4v) is 5.84. The van der Waals surface area contributed by atoms with Gasteiger partial charge < -0.3 is 29.7 Å². The predicted molar refractivity (Wildman–Crippen MR) is 160 cm³/mol. The van der Waals surface area contributed by atoms with Crippen molar-refractivity contribution < 1.29 is 44.9 Å². The molecule has 0 spiro atoms. The number of nitrogens with one attached hydrogen (secondary N) is 2. The second-order valence-corrected chi connectivity index (χ2v) is 12.3. The van der Waals surface area contributed by atoms with Gasteiger partial charge in [-0.1, -0.05) is 0 Å². The number of hydrogen-bond acceptors (Lipinski definition) is 9. The number of pyridine rings is 1. The number of anilines is 1. The number of alkyl halides is 5. The molecule has 1 aliphatic carbocycles. The van der Waals surface area contributed by atoms with E-state index in [9.17, 15) is 26.3 Å². The van der Waals surface area contributed by atoms with E-state index < -0.39 is 82.2 Å². The fraction of sp³-hybridized carbons (Fsp3) is 0.581. The molecule has 258 valence electrons. The van der Waals surface area contributed by atoms with E-state index in [0.29, 0.717) is 32.7 Å². The van der Waals surface area contributed by atoms with Gasteiger partial charge in [-0.15, -0.1) is 0 Å². The van der Waals surface area contributed by atoms with Gasteiger partial charge in [-0.05, 0) is 58.0 Å². The fourth-order valence-electron chi connectivity index (χ4n) is 5.84. The van der Waals surface area contributed by atoms with E-state index in [1.54, 1.807) is 18.9 Å². The van der Waals surface area contributed by atoms with Crippen molar-refractivity contribution in [3.8, 4) is 23.1 Å². The average molecular weight is 675 g/mol. The van der Waals surface area contributed by atoms with Crippen LogP contribution in [0.1, 0.15) is 36.5 Å². The number of halogens is 7. The van der Waals surface area contributed by atoms with Gasteiger partial charge in [0, 0.05) is 45.3 Å². The van der Waals surface area contributed by atoms with Gasteiger partial charge in [0.05, 0.1) is 23.7 Å². The van der Waals surface area contributed by atoms with Crippen LogP contribution in [0, 0.1) is 30.9 Å². The van der Waals surface area contributed by atoms with E-state index in [1.807, 2.05) is 0 Å². The summed E-state index contributed by atoms with van der Waals surface area (Å²) >= 11 is 0. The molecule has 3 aromatic rings. The first-order chi connectivity index (χ1) is 22.1. The highest BCUT2D eigenvalue weighted by Crippen LogP contribution is 2.60. The van der Waals surface area contributed by atoms with E-state index in [1.165, 1.54) is 14.0 Å². The Hall–Kier alpha value is -3.50. The van der Waals surface area contributed by atoms with Gasteiger partial charge in [0.25, 0.3) is 5.92 Å². The van der Waals surface area contributed by atoms with Gasteiger partial charge in [0.2, 0.25) is 5.88 Å². The summed E-state index contributed by atoms with van der Waals surface area (Å²) in [6.45, 7) is 5.39. The molecule has 0 bridgehead atoms. The molecule has 16 heteroatoms. The number of nitrogens with zero attached hydrogens (tertiary/aromatic N) is 4. The third-order valence-electron chi connectivity index (χ3n) is 8.52. The summed E-state index contributed by atoms with van der Waals surface area (Å²) in [4.78, 5) is 14.4. The van der Waals surface area contributed by atoms with Crippen LogP contribution < -0.4 is 20.1 Å². The Balaban J connectivity index is 1.67. The lowest BCUT2D eigenvalue weighted by atomic mass is 9.94. The molecule has 2 aliphatic rings. The number of methoxy groups -OCH3 is 1. The normalized spacial score (nSPS) is 21.3. The third kappa shape index (κ3) is 7.04. The van der Waals surface area contributed by atoms with Crippen molar-refractivity contribution in [3.05, 3.63) is 34.4 Å². The van der Waals surface area contributed by atoms with Crippen molar-refractivity contribution in [2.24, 2.45) is 5.41 Å². The summed E-state index contributed by atoms with van der Waals surface area (Å²) in [6, 6.07) is 0.409. The Morgan fingerprint density at radius 2 is 1.81 bits per heavy atom. The molecule has 0 amide bonds. The van der Waals surface area contributed by atoms with Gasteiger partial charge in [-0.3, -0.25) is 0 Å². The maximum Gasteiger partial charge on any atom is 0.417 e. The Bertz CT molecular complexity index is 1640. The standard InChI is InChI=1S/C31H37F7N6O3/c1-16-12-19(21(31(36,37)38)18(3)22(16)32)24-23(33)25-20-26(40-9-8-39-7-6-17(2)47-27(20)41-24)43-28(42-25)46-15-29(13-30(29,34)35)14-44(4)10-11-45-5/h12,17,39H,6-11,13-15H2,1-5H3,(H,40,42,43)/t17-,29?/m0/s1. The van der Waals surface area contributed by atoms with Gasteiger partial charge >= 0.3 is 12.2 Å². The summed E-state index contributed by atoms with van der Waals surface area (Å²) in [5, 5.41) is 6.17. The number of likely N-dealkylation sites (N-methyl/N-ethyl adjacent to an activating group) is 1. The SMILES string of the molecule is COCCN(C)CC1(COc2nc3c4c(nc(-c5cc(C)c(F)c(C)c5C(F)(F)F)c(F)c4n2)O[C@@H](C)CCNCCN3)CC1(F)F. The summed E-state index contributed by atoms with van der Waals surface area (Å²) in [5.41, 5.74) is -5.82. The molecule has 5 rings (SSSR count). The van der Waals surface area contributed by atoms with Crippen molar-refractivity contribution in [1.82, 2.24) is 25.2 Å². The van der Waals surface area contributed by atoms with Crippen LogP contribution in [0.15, 0.2) is 6.07 Å². The summed E-state index contributed by atoms with van der Waals surface area (Å²) in [6.07, 6.45) is -5.57. The molecule has 47 heavy (non-hydrogen) atoms. The van der Waals surface area contributed by atoms with Crippen LogP contribution in [0.25, 0.3) is 22.2 Å². The molecular formula is C31H37F7N6O3. The monoisotopic (exact) mass is 674 g/mol. The highest BCUT2D eigenvalue weighted by molar-refractivity contribution is 5.96. The molecule has 9 nitrogen and oxygen atoms in total. The molecule has 1 saturated carbocycles. The Kier molecular flexibility index (Phi) is 9.77. The Morgan fingerprint density at radius 3 is 2.47 bits per heavy atom. The number of ether oxygens (including phenoxy) is 3. The maximum atomic E-state index is 16.6. The van der Waals surface area contributed by atoms with Crippen LogP contribution in [0.3, 0.4) is 0 Å². The number of rotatable bonds is 9. The average Bonchev–Trinajstić information content (AvgIpc) is 3.54. The molecule has 1 fully saturated rings. The first-order valence-electron chi connectivity index (χ1n) is 15.2. The third-order valence-corrected chi connectivity index (χ3v) is 8.52. The zero-order valence-corrected chi connectivity index (χ0v) is 26.7. The minimum Gasteiger partial charge on any atom is -0.474 e. The first-order valence-corrected chi connectivity index (χ1v) is 15.2. The largest absolute Gasteiger partial charge is 0.474 e. The van der Waals surface area contributed by atoms with Gasteiger partial charge in [0.1, 0.15) is 34.8 Å². The second-order valence-electron chi connectivity index (χ2n) is 12.3. The Labute approximate surface area is 267 Å². The minimum absolute atomic E-state index is 0.00909. The maximum absolute atomic E-state index is 16.6. The highest BCUT2D eigenvalue weighted by atomic mass is 19.4. The van der Waals surface area contributed by atoms with Crippen molar-refractivity contribution >= 4 is 16.7 Å². The molecule has 0 saturated heterocycles. The molecule has 0 radical (unpaired) electrons. The minimum atomic E-state index is -5.07. The van der Waals surface area contributed by atoms with Crippen molar-refractivity contribution in [2.45, 2.75) is 51.8 Å². The van der Waals surface area contributed by atoms with Crippen molar-refractivity contribution in [3.63, 3.8) is 0 Å². The highest BCUT2D eigenvalue weighted by Gasteiger charge is 2.71. The van der Waals surface area contributed by atoms with E-state index in [2.05, 4.69) is 25.6 Å². The molecule has 1 aliphatic heterocycles. The van der Waals surface area contributed by atoms with E-state index in [-0.39, 0.29) is 35.7 Å². The van der Waals surface area contributed by atoms with Crippen LogP contribution in [0.4, 0.5) is 36.6 Å². The number of aryl methyl sites for hydroxylation is 1. The zero-order valence-electron chi connectivity index (χ0n) is 26.7. The van der Waals surface area contributed by atoms with Gasteiger partial charge in [-0.2, -0.15) is 23.1 Å². The summed E-state index contributed by atoms with van der Waals surface area (Å²) in [7, 11) is 3.17. The lowest BCUT2D eigenvalue weighted by Crippen LogP contribution is -2.36. The lowest BCUT2D eigenvalue weighted by molar-refractivity contribution is -0.137. The molecule has 1 unspecified atom stereocenters. The number of hydrogen-bond donors (Lipinski definition) is 2. The molecular weight excluding hydrogens is 637 g/mol. The molecule has 2 aromatic heterocycles. The van der Waals surface area contributed by atoms with E-state index in [4.69, 9.17) is 14.2 Å². The van der Waals surface area contributed by atoms with Crippen molar-refractivity contribution in [2.75, 3.05) is 65.4 Å². The predicted octanol–water partition coefficient (Wildman–Crippen LogP) is 5.76. The van der Waals surface area contributed by atoms with E-state index >= 15 is 4.39 Å². The quantitative estimate of drug-likeness (QED) is 0.275. The molecule has 1 aromatic carbocycles. The van der Waals surface area contributed by atoms with Crippen LogP contribution in [-0.2, 0) is 10.9 Å². The molecule has 2 atom stereocenters. The first kappa shape index (κ1) is 34.8. The zero-order chi connectivity index (χ0) is 34.3. The topological polar surface area (TPSA) is 93.7 Å². The summed E-state index contributed by atoms with van der Waals surface area (Å²) in [5.74, 6) is -5.66. The second kappa shape index (κ2) is 13.2. The molecule has 3 heterocycles. The van der Waals surface area contributed by atoms with Crippen molar-refractivity contribution in [1.29, 1.82) is 0 Å². The number of benzene rings is 1. The van der Waals surface area contributed by atoms with Crippen LogP contribution >= 0.6 is 0 Å². The number of aromatic nitrogens is 3. The Morgan fingerprint density at radius 1 is 1.09 bits per heavy atom. The van der Waals surface area contributed by atoms with Gasteiger partial charge in [-0.25, -0.2) is 22.5 Å². The summed E-state index contributed by atoms with van der Waals surface area (Å²) < 4.78 is 121.